The second kappa shape index (κ2) is 9.72. The van der Waals surface area contributed by atoms with Gasteiger partial charge in [0.05, 0.1) is 0 Å². The Morgan fingerprint density at radius 3 is 2.81 bits per heavy atom. The highest BCUT2D eigenvalue weighted by Crippen LogP contribution is 2.21. The molecule has 0 spiro atoms. The van der Waals surface area contributed by atoms with Gasteiger partial charge >= 0.3 is 0 Å². The van der Waals surface area contributed by atoms with Crippen molar-refractivity contribution in [2.75, 3.05) is 25.0 Å². The quantitative estimate of drug-likeness (QED) is 0.483. The van der Waals surface area contributed by atoms with Gasteiger partial charge in [-0.25, -0.2) is 13.1 Å². The number of sulfonamides is 1. The molecule has 0 radical (unpaired) electrons. The smallest absolute Gasteiger partial charge is 0.269 e. The molecule has 2 rings (SSSR count). The predicted octanol–water partition coefficient (Wildman–Crippen LogP) is 2.07. The Kier molecular flexibility index (Phi) is 7.93. The monoisotopic (exact) mass is 403 g/mol. The third kappa shape index (κ3) is 5.97. The normalized spacial score (nSPS) is 19.0. The van der Waals surface area contributed by atoms with Crippen LogP contribution in [0, 0.1) is 5.92 Å². The van der Waals surface area contributed by atoms with Gasteiger partial charge in [0.2, 0.25) is 15.4 Å². The largest absolute Gasteiger partial charge is 0.300 e. The van der Waals surface area contributed by atoms with E-state index in [1.165, 1.54) is 19.3 Å². The predicted molar refractivity (Wildman–Crippen MR) is 103 cm³/mol. The average molecular weight is 404 g/mol. The van der Waals surface area contributed by atoms with Crippen molar-refractivity contribution in [3.8, 4) is 0 Å². The molecule has 1 aliphatic rings. The van der Waals surface area contributed by atoms with Crippen LogP contribution < -0.4 is 10.0 Å². The summed E-state index contributed by atoms with van der Waals surface area (Å²) in [6, 6.07) is 0.621. The fourth-order valence-electron chi connectivity index (χ4n) is 2.99. The molecule has 10 heteroatoms. The average Bonchev–Trinajstić information content (AvgIpc) is 3.08. The van der Waals surface area contributed by atoms with E-state index < -0.39 is 10.0 Å². The third-order valence-corrected chi connectivity index (χ3v) is 7.19. The van der Waals surface area contributed by atoms with Gasteiger partial charge in [0.25, 0.3) is 10.0 Å². The van der Waals surface area contributed by atoms with Crippen LogP contribution in [0.15, 0.2) is 4.34 Å². The summed E-state index contributed by atoms with van der Waals surface area (Å²) in [5.41, 5.74) is 0. The third-order valence-electron chi connectivity index (χ3n) is 4.53. The van der Waals surface area contributed by atoms with Gasteiger partial charge in [-0.2, -0.15) is 0 Å². The van der Waals surface area contributed by atoms with Crippen molar-refractivity contribution < 1.29 is 13.2 Å². The summed E-state index contributed by atoms with van der Waals surface area (Å²) in [6.07, 6.45) is 5.64. The van der Waals surface area contributed by atoms with Crippen molar-refractivity contribution >= 4 is 32.4 Å². The lowest BCUT2D eigenvalue weighted by Crippen LogP contribution is -2.40. The molecule has 0 bridgehead atoms. The lowest BCUT2D eigenvalue weighted by atomic mass is 10.00. The molecule has 0 unspecified atom stereocenters. The highest BCUT2D eigenvalue weighted by molar-refractivity contribution is 7.91. The molecule has 26 heavy (non-hydrogen) atoms. The van der Waals surface area contributed by atoms with Gasteiger partial charge in [0.15, 0.2) is 0 Å². The molecular weight excluding hydrogens is 374 g/mol. The molecule has 148 valence electrons. The second-order valence-corrected chi connectivity index (χ2v) is 9.78. The van der Waals surface area contributed by atoms with E-state index in [-0.39, 0.29) is 21.3 Å². The van der Waals surface area contributed by atoms with Crippen molar-refractivity contribution in [2.24, 2.45) is 5.92 Å². The minimum atomic E-state index is -3.69. The first-order valence-electron chi connectivity index (χ1n) is 9.21. The number of nitrogens with one attached hydrogen (secondary N) is 2. The second-order valence-electron chi connectivity index (χ2n) is 6.86. The Bertz CT molecular complexity index is 690. The van der Waals surface area contributed by atoms with Gasteiger partial charge in [-0.1, -0.05) is 38.5 Å². The molecule has 0 aromatic carbocycles. The minimum Gasteiger partial charge on any atom is -0.300 e. The van der Waals surface area contributed by atoms with Crippen LogP contribution in [0.3, 0.4) is 0 Å². The zero-order chi connectivity index (χ0) is 19.2. The summed E-state index contributed by atoms with van der Waals surface area (Å²) >= 11 is 0.861. The van der Waals surface area contributed by atoms with Crippen LogP contribution in [-0.4, -0.2) is 55.1 Å². The molecule has 0 saturated carbocycles. The maximum Gasteiger partial charge on any atom is 0.269 e. The number of hydrogen-bond acceptors (Lipinski definition) is 7. The Morgan fingerprint density at radius 2 is 2.12 bits per heavy atom. The molecule has 2 heterocycles. The Morgan fingerprint density at radius 1 is 1.35 bits per heavy atom. The Hall–Kier alpha value is -1.10. The van der Waals surface area contributed by atoms with Gasteiger partial charge in [0.1, 0.15) is 0 Å². The molecule has 1 aliphatic heterocycles. The number of aromatic nitrogens is 2. The molecule has 1 aromatic rings. The van der Waals surface area contributed by atoms with Crippen molar-refractivity contribution in [3.05, 3.63) is 0 Å². The molecular formula is C16H29N5O3S2. The van der Waals surface area contributed by atoms with Crippen LogP contribution in [0.5, 0.6) is 0 Å². The molecule has 1 amide bonds. The highest BCUT2D eigenvalue weighted by atomic mass is 32.2. The highest BCUT2D eigenvalue weighted by Gasteiger charge is 2.22. The van der Waals surface area contributed by atoms with E-state index in [4.69, 9.17) is 0 Å². The summed E-state index contributed by atoms with van der Waals surface area (Å²) < 4.78 is 27.1. The van der Waals surface area contributed by atoms with Gasteiger partial charge in [-0.15, -0.1) is 10.2 Å². The SMILES string of the molecule is CC[C@@H]1CCCCN1CCCNS(=O)(=O)c1nnc(NC(=O)C(C)C)s1. The van der Waals surface area contributed by atoms with Gasteiger partial charge < -0.3 is 10.2 Å². The topological polar surface area (TPSA) is 104 Å². The summed E-state index contributed by atoms with van der Waals surface area (Å²) in [5.74, 6) is -0.427. The van der Waals surface area contributed by atoms with Crippen LogP contribution >= 0.6 is 11.3 Å². The van der Waals surface area contributed by atoms with Crippen molar-refractivity contribution in [1.82, 2.24) is 19.8 Å². The first-order chi connectivity index (χ1) is 12.3. The lowest BCUT2D eigenvalue weighted by Gasteiger charge is -2.35. The van der Waals surface area contributed by atoms with E-state index in [1.54, 1.807) is 13.8 Å². The van der Waals surface area contributed by atoms with Gasteiger partial charge in [0, 0.05) is 18.5 Å². The van der Waals surface area contributed by atoms with E-state index in [9.17, 15) is 13.2 Å². The zero-order valence-corrected chi connectivity index (χ0v) is 17.3. The molecule has 1 aromatic heterocycles. The van der Waals surface area contributed by atoms with Crippen molar-refractivity contribution in [2.45, 2.75) is 63.3 Å². The fourth-order valence-corrected chi connectivity index (χ4v) is 5.00. The molecule has 1 saturated heterocycles. The maximum atomic E-state index is 12.3. The molecule has 2 N–H and O–H groups in total. The first kappa shape index (κ1) is 21.2. The van der Waals surface area contributed by atoms with Crippen LogP contribution in [0.4, 0.5) is 5.13 Å². The number of likely N-dealkylation sites (tertiary alicyclic amines) is 1. The number of carbonyl (C=O) groups is 1. The summed E-state index contributed by atoms with van der Waals surface area (Å²) in [5, 5.41) is 10.2. The number of nitrogens with zero attached hydrogens (tertiary/aromatic N) is 3. The molecule has 1 atom stereocenters. The Labute approximate surface area is 159 Å². The summed E-state index contributed by atoms with van der Waals surface area (Å²) in [4.78, 5) is 14.1. The number of rotatable bonds is 9. The van der Waals surface area contributed by atoms with E-state index in [2.05, 4.69) is 32.1 Å². The maximum absolute atomic E-state index is 12.3. The zero-order valence-electron chi connectivity index (χ0n) is 15.7. The summed E-state index contributed by atoms with van der Waals surface area (Å²) in [6.45, 7) is 8.06. The van der Waals surface area contributed by atoms with E-state index in [0.29, 0.717) is 12.6 Å². The van der Waals surface area contributed by atoms with Crippen LogP contribution in [0.2, 0.25) is 0 Å². The first-order valence-corrected chi connectivity index (χ1v) is 11.5. The number of piperidine rings is 1. The van der Waals surface area contributed by atoms with Crippen LogP contribution in [0.25, 0.3) is 0 Å². The lowest BCUT2D eigenvalue weighted by molar-refractivity contribution is -0.118. The fraction of sp³-hybridized carbons (Fsp3) is 0.812. The number of amides is 1. The minimum absolute atomic E-state index is 0.124. The van der Waals surface area contributed by atoms with Gasteiger partial charge in [-0.05, 0) is 38.8 Å². The molecule has 1 fully saturated rings. The van der Waals surface area contributed by atoms with Crippen molar-refractivity contribution in [1.29, 1.82) is 0 Å². The van der Waals surface area contributed by atoms with Gasteiger partial charge in [-0.3, -0.25) is 4.79 Å². The van der Waals surface area contributed by atoms with Crippen LogP contribution in [0.1, 0.15) is 52.9 Å². The number of carbonyl (C=O) groups excluding carboxylic acids is 1. The Balaban J connectivity index is 1.81. The van der Waals surface area contributed by atoms with Crippen LogP contribution in [-0.2, 0) is 14.8 Å². The number of anilines is 1. The van der Waals surface area contributed by atoms with E-state index in [0.717, 1.165) is 37.3 Å². The standard InChI is InChI=1S/C16H29N5O3S2/c1-4-13-8-5-6-10-21(13)11-7-9-17-26(23,24)16-20-19-15(25-16)18-14(22)12(2)3/h12-13,17H,4-11H2,1-3H3,(H,18,19,22)/t13-/m1/s1. The number of hydrogen-bond donors (Lipinski definition) is 2. The molecule has 0 aliphatic carbocycles. The van der Waals surface area contributed by atoms with E-state index in [1.807, 2.05) is 0 Å². The molecule has 8 nitrogen and oxygen atoms in total. The van der Waals surface area contributed by atoms with Crippen molar-refractivity contribution in [3.63, 3.8) is 0 Å². The summed E-state index contributed by atoms with van der Waals surface area (Å²) in [7, 11) is -3.69. The van der Waals surface area contributed by atoms with E-state index >= 15 is 0 Å².